The monoisotopic (exact) mass is 382 g/mol. The molecule has 0 spiro atoms. The van der Waals surface area contributed by atoms with E-state index < -0.39 is 11.6 Å². The van der Waals surface area contributed by atoms with Crippen molar-refractivity contribution in [3.63, 3.8) is 0 Å². The number of nitrogens with zero attached hydrogens (tertiary/aromatic N) is 1. The molecule has 0 radical (unpaired) electrons. The molecule has 1 saturated heterocycles. The summed E-state index contributed by atoms with van der Waals surface area (Å²) in [5.74, 6) is 0.991. The molecular formula is C21H22N2O5. The molecule has 2 aromatic carbocycles. The zero-order valence-corrected chi connectivity index (χ0v) is 15.6. The van der Waals surface area contributed by atoms with Gasteiger partial charge < -0.3 is 19.5 Å². The summed E-state index contributed by atoms with van der Waals surface area (Å²) in [4.78, 5) is 27.1. The number of anilines is 1. The van der Waals surface area contributed by atoms with Crippen LogP contribution < -0.4 is 14.8 Å². The molecule has 1 fully saturated rings. The van der Waals surface area contributed by atoms with Gasteiger partial charge in [-0.25, -0.2) is 4.79 Å². The Kier molecular flexibility index (Phi) is 4.81. The highest BCUT2D eigenvalue weighted by Crippen LogP contribution is 2.36. The molecule has 1 atom stereocenters. The molecule has 2 heterocycles. The summed E-state index contributed by atoms with van der Waals surface area (Å²) in [6.45, 7) is 2.60. The lowest BCUT2D eigenvalue weighted by molar-refractivity contribution is -0.125. The largest absolute Gasteiger partial charge is 0.454 e. The molecule has 2 aromatic rings. The second kappa shape index (κ2) is 7.42. The SMILES string of the molecule is CC1(C(=O)Nc2ccc3c(c2)OCO3)CCCN1C(=O)OCc1ccccc1. The van der Waals surface area contributed by atoms with Crippen LogP contribution in [-0.2, 0) is 16.1 Å². The number of amides is 2. The molecule has 1 unspecified atom stereocenters. The predicted molar refractivity (Wildman–Crippen MR) is 102 cm³/mol. The van der Waals surface area contributed by atoms with Crippen LogP contribution in [-0.4, -0.2) is 35.8 Å². The van der Waals surface area contributed by atoms with Crippen molar-refractivity contribution in [2.75, 3.05) is 18.7 Å². The van der Waals surface area contributed by atoms with Gasteiger partial charge in [-0.1, -0.05) is 30.3 Å². The Labute approximate surface area is 163 Å². The second-order valence-electron chi connectivity index (χ2n) is 7.09. The molecule has 28 heavy (non-hydrogen) atoms. The Balaban J connectivity index is 1.43. The normalized spacial score (nSPS) is 20.1. The van der Waals surface area contributed by atoms with Gasteiger partial charge in [0.2, 0.25) is 12.7 Å². The second-order valence-corrected chi connectivity index (χ2v) is 7.09. The lowest BCUT2D eigenvalue weighted by atomic mass is 9.97. The minimum atomic E-state index is -0.968. The first-order valence-corrected chi connectivity index (χ1v) is 9.26. The summed E-state index contributed by atoms with van der Waals surface area (Å²) in [6.07, 6.45) is 0.833. The number of carbonyl (C=O) groups is 2. The van der Waals surface area contributed by atoms with E-state index in [1.54, 1.807) is 25.1 Å². The maximum absolute atomic E-state index is 13.0. The van der Waals surface area contributed by atoms with Gasteiger partial charge in [0, 0.05) is 18.3 Å². The lowest BCUT2D eigenvalue weighted by Gasteiger charge is -2.33. The Morgan fingerprint density at radius 3 is 2.75 bits per heavy atom. The summed E-state index contributed by atoms with van der Waals surface area (Å²) in [6, 6.07) is 14.7. The lowest BCUT2D eigenvalue weighted by Crippen LogP contribution is -2.53. The number of ether oxygens (including phenoxy) is 3. The van der Waals surface area contributed by atoms with E-state index in [-0.39, 0.29) is 19.3 Å². The van der Waals surface area contributed by atoms with Crippen LogP contribution in [0, 0.1) is 0 Å². The van der Waals surface area contributed by atoms with Crippen LogP contribution in [0.15, 0.2) is 48.5 Å². The van der Waals surface area contributed by atoms with Gasteiger partial charge in [-0.05, 0) is 37.5 Å². The third-order valence-corrected chi connectivity index (χ3v) is 5.19. The molecule has 0 aliphatic carbocycles. The zero-order valence-electron chi connectivity index (χ0n) is 15.6. The highest BCUT2D eigenvalue weighted by Gasteiger charge is 2.46. The Morgan fingerprint density at radius 1 is 1.14 bits per heavy atom. The van der Waals surface area contributed by atoms with Gasteiger partial charge in [-0.3, -0.25) is 9.69 Å². The molecule has 0 bridgehead atoms. The van der Waals surface area contributed by atoms with Crippen molar-refractivity contribution < 1.29 is 23.8 Å². The number of benzene rings is 2. The van der Waals surface area contributed by atoms with E-state index in [0.717, 1.165) is 12.0 Å². The molecule has 146 valence electrons. The topological polar surface area (TPSA) is 77.1 Å². The zero-order chi connectivity index (χ0) is 19.6. The number of hydrogen-bond donors (Lipinski definition) is 1. The Morgan fingerprint density at radius 2 is 1.93 bits per heavy atom. The fourth-order valence-corrected chi connectivity index (χ4v) is 3.53. The third kappa shape index (κ3) is 3.47. The van der Waals surface area contributed by atoms with E-state index in [1.807, 2.05) is 30.3 Å². The number of carbonyl (C=O) groups excluding carboxylic acids is 2. The van der Waals surface area contributed by atoms with Crippen molar-refractivity contribution in [2.45, 2.75) is 31.9 Å². The van der Waals surface area contributed by atoms with Gasteiger partial charge in [0.05, 0.1) is 0 Å². The number of nitrogens with one attached hydrogen (secondary N) is 1. The van der Waals surface area contributed by atoms with E-state index in [4.69, 9.17) is 14.2 Å². The molecule has 2 amide bonds. The molecular weight excluding hydrogens is 360 g/mol. The summed E-state index contributed by atoms with van der Waals surface area (Å²) in [5.41, 5.74) is 0.533. The van der Waals surface area contributed by atoms with Gasteiger partial charge in [0.15, 0.2) is 11.5 Å². The summed E-state index contributed by atoms with van der Waals surface area (Å²) in [5, 5.41) is 2.89. The average molecular weight is 382 g/mol. The van der Waals surface area contributed by atoms with Crippen LogP contribution >= 0.6 is 0 Å². The number of likely N-dealkylation sites (tertiary alicyclic amines) is 1. The van der Waals surface area contributed by atoms with Crippen LogP contribution in [0.4, 0.5) is 10.5 Å². The minimum absolute atomic E-state index is 0.172. The van der Waals surface area contributed by atoms with Gasteiger partial charge >= 0.3 is 6.09 Å². The van der Waals surface area contributed by atoms with Crippen molar-refractivity contribution in [3.05, 3.63) is 54.1 Å². The average Bonchev–Trinajstić information content (AvgIpc) is 3.33. The fourth-order valence-electron chi connectivity index (χ4n) is 3.53. The van der Waals surface area contributed by atoms with Gasteiger partial charge in [0.1, 0.15) is 12.1 Å². The first-order chi connectivity index (χ1) is 13.6. The van der Waals surface area contributed by atoms with Crippen molar-refractivity contribution in [2.24, 2.45) is 0 Å². The van der Waals surface area contributed by atoms with Gasteiger partial charge in [-0.15, -0.1) is 0 Å². The first-order valence-electron chi connectivity index (χ1n) is 9.26. The van der Waals surface area contributed by atoms with E-state index >= 15 is 0 Å². The number of hydrogen-bond acceptors (Lipinski definition) is 5. The predicted octanol–water partition coefficient (Wildman–Crippen LogP) is 3.55. The van der Waals surface area contributed by atoms with E-state index in [2.05, 4.69) is 5.32 Å². The standard InChI is InChI=1S/C21H22N2O5/c1-21(19(24)22-16-8-9-17-18(12-16)28-14-27-17)10-5-11-23(21)20(25)26-13-15-6-3-2-4-7-15/h2-4,6-9,12H,5,10-11,13-14H2,1H3,(H,22,24). The van der Waals surface area contributed by atoms with Crippen molar-refractivity contribution in [1.82, 2.24) is 4.90 Å². The van der Waals surface area contributed by atoms with Gasteiger partial charge in [-0.2, -0.15) is 0 Å². The number of fused-ring (bicyclic) bond motifs is 1. The minimum Gasteiger partial charge on any atom is -0.454 e. The summed E-state index contributed by atoms with van der Waals surface area (Å²) in [7, 11) is 0. The van der Waals surface area contributed by atoms with Crippen LogP contribution in [0.25, 0.3) is 0 Å². The highest BCUT2D eigenvalue weighted by atomic mass is 16.7. The molecule has 0 saturated carbocycles. The van der Waals surface area contributed by atoms with Gasteiger partial charge in [0.25, 0.3) is 0 Å². The Bertz CT molecular complexity index is 886. The molecule has 1 N–H and O–H groups in total. The summed E-state index contributed by atoms with van der Waals surface area (Å²) >= 11 is 0. The van der Waals surface area contributed by atoms with Crippen LogP contribution in [0.5, 0.6) is 11.5 Å². The smallest absolute Gasteiger partial charge is 0.410 e. The highest BCUT2D eigenvalue weighted by molar-refractivity contribution is 6.00. The van der Waals surface area contributed by atoms with Crippen LogP contribution in [0.2, 0.25) is 0 Å². The van der Waals surface area contributed by atoms with E-state index in [9.17, 15) is 9.59 Å². The molecule has 4 rings (SSSR count). The summed E-state index contributed by atoms with van der Waals surface area (Å²) < 4.78 is 16.1. The maximum Gasteiger partial charge on any atom is 0.410 e. The number of rotatable bonds is 4. The first kappa shape index (κ1) is 18.2. The van der Waals surface area contributed by atoms with Crippen LogP contribution in [0.1, 0.15) is 25.3 Å². The molecule has 7 heteroatoms. The molecule has 7 nitrogen and oxygen atoms in total. The van der Waals surface area contributed by atoms with E-state index in [1.165, 1.54) is 4.90 Å². The third-order valence-electron chi connectivity index (χ3n) is 5.19. The van der Waals surface area contributed by atoms with Crippen molar-refractivity contribution in [1.29, 1.82) is 0 Å². The van der Waals surface area contributed by atoms with Crippen molar-refractivity contribution >= 4 is 17.7 Å². The molecule has 2 aliphatic rings. The molecule has 0 aromatic heterocycles. The fraction of sp³-hybridized carbons (Fsp3) is 0.333. The van der Waals surface area contributed by atoms with Crippen molar-refractivity contribution in [3.8, 4) is 11.5 Å². The van der Waals surface area contributed by atoms with Crippen LogP contribution in [0.3, 0.4) is 0 Å². The quantitative estimate of drug-likeness (QED) is 0.875. The maximum atomic E-state index is 13.0. The molecule has 2 aliphatic heterocycles. The van der Waals surface area contributed by atoms with E-state index in [0.29, 0.717) is 30.2 Å². The Hall–Kier alpha value is -3.22.